The van der Waals surface area contributed by atoms with Crippen LogP contribution in [-0.2, 0) is 0 Å². The molecule has 1 aromatic carbocycles. The van der Waals surface area contributed by atoms with Crippen LogP contribution in [0.15, 0.2) is 18.2 Å². The number of phenols is 1. The van der Waals surface area contributed by atoms with Crippen LogP contribution >= 0.6 is 0 Å². The molecule has 1 N–H and O–H groups in total. The van der Waals surface area contributed by atoms with Gasteiger partial charge in [0.2, 0.25) is 5.75 Å². The van der Waals surface area contributed by atoms with Crippen LogP contribution in [-0.4, -0.2) is 17.3 Å². The molecule has 0 aliphatic heterocycles. The number of para-hydroxylation sites is 1. The van der Waals surface area contributed by atoms with Gasteiger partial charge in [-0.15, -0.1) is 0 Å². The average molecular weight is 236 g/mol. The fourth-order valence-corrected chi connectivity index (χ4v) is 1.52. The van der Waals surface area contributed by atoms with Gasteiger partial charge in [-0.2, -0.15) is 0 Å². The quantitative estimate of drug-likeness (QED) is 0.871. The lowest BCUT2D eigenvalue weighted by molar-refractivity contribution is 0.124. The van der Waals surface area contributed by atoms with Crippen molar-refractivity contribution in [2.45, 2.75) is 39.2 Å². The minimum absolute atomic E-state index is 0.100. The Kier molecular flexibility index (Phi) is 3.18. The van der Waals surface area contributed by atoms with E-state index in [9.17, 15) is 5.11 Å². The first kappa shape index (κ1) is 12.1. The van der Waals surface area contributed by atoms with E-state index in [0.717, 1.165) is 0 Å². The number of ether oxygens (including phenoxy) is 2. The van der Waals surface area contributed by atoms with Crippen molar-refractivity contribution in [2.24, 2.45) is 5.92 Å². The summed E-state index contributed by atoms with van der Waals surface area (Å²) in [4.78, 5) is 0. The van der Waals surface area contributed by atoms with Crippen LogP contribution in [0.1, 0.15) is 33.6 Å². The van der Waals surface area contributed by atoms with Crippen molar-refractivity contribution in [2.75, 3.05) is 6.61 Å². The molecule has 2 rings (SSSR count). The molecule has 0 saturated heterocycles. The molecule has 0 atom stereocenters. The topological polar surface area (TPSA) is 38.7 Å². The summed E-state index contributed by atoms with van der Waals surface area (Å²) in [7, 11) is 0. The zero-order valence-electron chi connectivity index (χ0n) is 10.7. The number of hydrogen-bond acceptors (Lipinski definition) is 3. The minimum atomic E-state index is -0.327. The van der Waals surface area contributed by atoms with Crippen molar-refractivity contribution >= 4 is 0 Å². The lowest BCUT2D eigenvalue weighted by Gasteiger charge is -2.22. The lowest BCUT2D eigenvalue weighted by atomic mass is 10.2. The normalized spacial score (nSPS) is 15.7. The van der Waals surface area contributed by atoms with Gasteiger partial charge in [-0.1, -0.05) is 6.07 Å². The van der Waals surface area contributed by atoms with Crippen LogP contribution in [0.3, 0.4) is 0 Å². The van der Waals surface area contributed by atoms with E-state index in [-0.39, 0.29) is 11.4 Å². The minimum Gasteiger partial charge on any atom is -0.502 e. The van der Waals surface area contributed by atoms with Gasteiger partial charge in [0.15, 0.2) is 11.5 Å². The highest BCUT2D eigenvalue weighted by atomic mass is 16.5. The van der Waals surface area contributed by atoms with Gasteiger partial charge >= 0.3 is 0 Å². The van der Waals surface area contributed by atoms with E-state index in [4.69, 9.17) is 9.47 Å². The van der Waals surface area contributed by atoms with E-state index in [0.29, 0.717) is 24.0 Å². The zero-order valence-corrected chi connectivity index (χ0v) is 10.7. The zero-order chi connectivity index (χ0) is 12.5. The fraction of sp³-hybridized carbons (Fsp3) is 0.571. The third kappa shape index (κ3) is 3.55. The van der Waals surface area contributed by atoms with E-state index < -0.39 is 0 Å². The van der Waals surface area contributed by atoms with Crippen molar-refractivity contribution in [3.63, 3.8) is 0 Å². The van der Waals surface area contributed by atoms with Crippen LogP contribution in [0.25, 0.3) is 0 Å². The molecule has 0 amide bonds. The first-order valence-corrected chi connectivity index (χ1v) is 6.09. The fourth-order valence-electron chi connectivity index (χ4n) is 1.52. The first-order chi connectivity index (χ1) is 7.96. The van der Waals surface area contributed by atoms with Crippen molar-refractivity contribution < 1.29 is 14.6 Å². The highest BCUT2D eigenvalue weighted by Crippen LogP contribution is 2.39. The van der Waals surface area contributed by atoms with Gasteiger partial charge in [0, 0.05) is 0 Å². The molecule has 1 fully saturated rings. The van der Waals surface area contributed by atoms with Gasteiger partial charge in [-0.3, -0.25) is 0 Å². The van der Waals surface area contributed by atoms with Crippen molar-refractivity contribution in [3.8, 4) is 17.2 Å². The number of hydrogen-bond donors (Lipinski definition) is 1. The van der Waals surface area contributed by atoms with E-state index in [1.807, 2.05) is 26.8 Å². The van der Waals surface area contributed by atoms with E-state index in [2.05, 4.69) is 0 Å². The van der Waals surface area contributed by atoms with E-state index in [1.165, 1.54) is 12.8 Å². The number of phenolic OH excluding ortho intramolecular Hbond substituents is 1. The van der Waals surface area contributed by atoms with Crippen LogP contribution < -0.4 is 9.47 Å². The molecule has 3 heteroatoms. The van der Waals surface area contributed by atoms with Crippen molar-refractivity contribution in [1.82, 2.24) is 0 Å². The Morgan fingerprint density at radius 1 is 1.24 bits per heavy atom. The molecule has 1 aromatic rings. The van der Waals surface area contributed by atoms with E-state index in [1.54, 1.807) is 12.1 Å². The summed E-state index contributed by atoms with van der Waals surface area (Å²) in [6.07, 6.45) is 2.47. The number of rotatable bonds is 4. The summed E-state index contributed by atoms with van der Waals surface area (Å²) >= 11 is 0. The molecule has 0 bridgehead atoms. The summed E-state index contributed by atoms with van der Waals surface area (Å²) in [6, 6.07) is 5.36. The molecule has 94 valence electrons. The smallest absolute Gasteiger partial charge is 0.200 e. The third-order valence-electron chi connectivity index (χ3n) is 2.55. The Balaban J connectivity index is 2.08. The molecule has 0 heterocycles. The second-order valence-electron chi connectivity index (χ2n) is 5.57. The average Bonchev–Trinajstić information content (AvgIpc) is 3.01. The van der Waals surface area contributed by atoms with Crippen molar-refractivity contribution in [3.05, 3.63) is 18.2 Å². The number of benzene rings is 1. The second kappa shape index (κ2) is 4.47. The summed E-state index contributed by atoms with van der Waals surface area (Å²) in [6.45, 7) is 6.53. The van der Waals surface area contributed by atoms with Gasteiger partial charge < -0.3 is 14.6 Å². The maximum absolute atomic E-state index is 10.0. The SMILES string of the molecule is CC(C)(C)Oc1cccc(OCC2CC2)c1O. The highest BCUT2D eigenvalue weighted by molar-refractivity contribution is 5.50. The standard InChI is InChI=1S/C14H20O3/c1-14(2,3)17-12-6-4-5-11(13(12)15)16-9-10-7-8-10/h4-6,10,15H,7-9H2,1-3H3. The molecule has 1 saturated carbocycles. The Bertz CT molecular complexity index is 389. The molecule has 0 aromatic heterocycles. The van der Waals surface area contributed by atoms with Gasteiger partial charge in [-0.05, 0) is 51.7 Å². The Hall–Kier alpha value is -1.38. The van der Waals surface area contributed by atoms with Crippen molar-refractivity contribution in [1.29, 1.82) is 0 Å². The lowest BCUT2D eigenvalue weighted by Crippen LogP contribution is -2.23. The number of aromatic hydroxyl groups is 1. The van der Waals surface area contributed by atoms with Gasteiger partial charge in [0.25, 0.3) is 0 Å². The molecule has 3 nitrogen and oxygen atoms in total. The molecule has 1 aliphatic carbocycles. The summed E-state index contributed by atoms with van der Waals surface area (Å²) < 4.78 is 11.3. The highest BCUT2D eigenvalue weighted by Gasteiger charge is 2.23. The summed E-state index contributed by atoms with van der Waals surface area (Å²) in [5, 5.41) is 10.0. The van der Waals surface area contributed by atoms with Crippen LogP contribution in [0.2, 0.25) is 0 Å². The molecule has 17 heavy (non-hydrogen) atoms. The van der Waals surface area contributed by atoms with Gasteiger partial charge in [0.1, 0.15) is 5.60 Å². The summed E-state index contributed by atoms with van der Waals surface area (Å²) in [5.74, 6) is 1.76. The van der Waals surface area contributed by atoms with Crippen LogP contribution in [0.5, 0.6) is 17.2 Å². The third-order valence-corrected chi connectivity index (χ3v) is 2.55. The predicted molar refractivity (Wildman–Crippen MR) is 66.7 cm³/mol. The predicted octanol–water partition coefficient (Wildman–Crippen LogP) is 3.36. The molecular weight excluding hydrogens is 216 g/mol. The Morgan fingerprint density at radius 3 is 2.47 bits per heavy atom. The maximum atomic E-state index is 10.0. The van der Waals surface area contributed by atoms with Gasteiger partial charge in [0.05, 0.1) is 6.61 Å². The monoisotopic (exact) mass is 236 g/mol. The van der Waals surface area contributed by atoms with Crippen LogP contribution in [0.4, 0.5) is 0 Å². The molecule has 0 unspecified atom stereocenters. The largest absolute Gasteiger partial charge is 0.502 e. The Morgan fingerprint density at radius 2 is 1.88 bits per heavy atom. The van der Waals surface area contributed by atoms with Gasteiger partial charge in [-0.25, -0.2) is 0 Å². The molecule has 0 spiro atoms. The summed E-state index contributed by atoms with van der Waals surface area (Å²) in [5.41, 5.74) is -0.327. The molecular formula is C14H20O3. The maximum Gasteiger partial charge on any atom is 0.200 e. The molecule has 0 radical (unpaired) electrons. The Labute approximate surface area is 102 Å². The first-order valence-electron chi connectivity index (χ1n) is 6.09. The second-order valence-corrected chi connectivity index (χ2v) is 5.57. The van der Waals surface area contributed by atoms with Crippen LogP contribution in [0, 0.1) is 5.92 Å². The molecule has 1 aliphatic rings. The van der Waals surface area contributed by atoms with E-state index >= 15 is 0 Å².